The summed E-state index contributed by atoms with van der Waals surface area (Å²) in [6.45, 7) is 3.92. The number of hydrogen-bond acceptors (Lipinski definition) is 3. The van der Waals surface area contributed by atoms with Gasteiger partial charge in [0.15, 0.2) is 0 Å². The highest BCUT2D eigenvalue weighted by atomic mass is 19.1. The molecule has 2 aromatic rings. The molecule has 1 unspecified atom stereocenters. The van der Waals surface area contributed by atoms with E-state index in [1.807, 2.05) is 27.0 Å². The highest BCUT2D eigenvalue weighted by Crippen LogP contribution is 2.25. The number of nitrogens with zero attached hydrogens (tertiary/aromatic N) is 1. The fourth-order valence-electron chi connectivity index (χ4n) is 1.67. The van der Waals surface area contributed by atoms with E-state index < -0.39 is 0 Å². The second kappa shape index (κ2) is 5.80. The van der Waals surface area contributed by atoms with Gasteiger partial charge in [0, 0.05) is 24.4 Å². The molecule has 1 aromatic carbocycles. The zero-order valence-corrected chi connectivity index (χ0v) is 11.3. The molecule has 0 saturated carbocycles. The van der Waals surface area contributed by atoms with E-state index in [2.05, 4.69) is 10.3 Å². The van der Waals surface area contributed by atoms with Crippen LogP contribution in [0.2, 0.25) is 0 Å². The van der Waals surface area contributed by atoms with Crippen molar-refractivity contribution in [1.29, 1.82) is 0 Å². The van der Waals surface area contributed by atoms with Crippen LogP contribution in [-0.4, -0.2) is 12.0 Å². The van der Waals surface area contributed by atoms with E-state index in [1.165, 1.54) is 12.1 Å². The highest BCUT2D eigenvalue weighted by molar-refractivity contribution is 5.35. The molecule has 1 heterocycles. The van der Waals surface area contributed by atoms with Crippen LogP contribution in [0.15, 0.2) is 36.5 Å². The average Bonchev–Trinajstić information content (AvgIpc) is 2.43. The molecule has 0 fully saturated rings. The second-order valence-corrected chi connectivity index (χ2v) is 4.45. The average molecular weight is 260 g/mol. The summed E-state index contributed by atoms with van der Waals surface area (Å²) in [6.07, 6.45) is 1.76. The molecular weight excluding hydrogens is 243 g/mol. The number of aryl methyl sites for hydroxylation is 1. The van der Waals surface area contributed by atoms with Gasteiger partial charge in [0.1, 0.15) is 11.6 Å². The molecule has 0 aliphatic carbocycles. The quantitative estimate of drug-likeness (QED) is 0.912. The van der Waals surface area contributed by atoms with Crippen molar-refractivity contribution in [3.63, 3.8) is 0 Å². The fourth-order valence-corrected chi connectivity index (χ4v) is 1.67. The summed E-state index contributed by atoms with van der Waals surface area (Å²) in [4.78, 5) is 4.23. The van der Waals surface area contributed by atoms with Gasteiger partial charge < -0.3 is 10.1 Å². The first-order valence-electron chi connectivity index (χ1n) is 6.17. The van der Waals surface area contributed by atoms with E-state index in [1.54, 1.807) is 18.3 Å². The first-order chi connectivity index (χ1) is 9.10. The third-order valence-electron chi connectivity index (χ3n) is 3.06. The van der Waals surface area contributed by atoms with Crippen molar-refractivity contribution in [2.75, 3.05) is 7.05 Å². The van der Waals surface area contributed by atoms with E-state index in [9.17, 15) is 4.39 Å². The number of aromatic nitrogens is 1. The minimum Gasteiger partial charge on any atom is -0.439 e. The summed E-state index contributed by atoms with van der Waals surface area (Å²) in [5.74, 6) is 0.628. The van der Waals surface area contributed by atoms with Crippen molar-refractivity contribution in [2.45, 2.75) is 19.9 Å². The molecule has 100 valence electrons. The lowest BCUT2D eigenvalue weighted by Gasteiger charge is -2.11. The first kappa shape index (κ1) is 13.5. The normalized spacial score (nSPS) is 12.2. The molecule has 4 heteroatoms. The summed E-state index contributed by atoms with van der Waals surface area (Å²) < 4.78 is 18.7. The lowest BCUT2D eigenvalue weighted by molar-refractivity contribution is 0.453. The molecule has 1 N–H and O–H groups in total. The Morgan fingerprint density at radius 2 is 2.05 bits per heavy atom. The Morgan fingerprint density at radius 1 is 1.26 bits per heavy atom. The molecule has 2 rings (SSSR count). The number of benzene rings is 1. The van der Waals surface area contributed by atoms with E-state index in [0.717, 1.165) is 11.1 Å². The molecule has 19 heavy (non-hydrogen) atoms. The smallest absolute Gasteiger partial charge is 0.219 e. The topological polar surface area (TPSA) is 34.1 Å². The Kier molecular flexibility index (Phi) is 4.12. The van der Waals surface area contributed by atoms with Crippen molar-refractivity contribution in [2.24, 2.45) is 0 Å². The zero-order valence-electron chi connectivity index (χ0n) is 11.3. The summed E-state index contributed by atoms with van der Waals surface area (Å²) in [6, 6.07) is 8.42. The largest absolute Gasteiger partial charge is 0.439 e. The predicted molar refractivity (Wildman–Crippen MR) is 72.9 cm³/mol. The molecule has 0 spiro atoms. The number of rotatable bonds is 4. The maximum atomic E-state index is 13.2. The second-order valence-electron chi connectivity index (χ2n) is 4.45. The van der Waals surface area contributed by atoms with Crippen LogP contribution in [0.5, 0.6) is 11.6 Å². The SMILES string of the molecule is CNC(C)c1ccc(Oc2cc(F)ccc2C)nc1. The lowest BCUT2D eigenvalue weighted by Crippen LogP contribution is -2.12. The highest BCUT2D eigenvalue weighted by Gasteiger charge is 2.06. The van der Waals surface area contributed by atoms with Gasteiger partial charge in [-0.05, 0) is 38.1 Å². The third kappa shape index (κ3) is 3.29. The molecule has 0 saturated heterocycles. The lowest BCUT2D eigenvalue weighted by atomic mass is 10.1. The van der Waals surface area contributed by atoms with Gasteiger partial charge in [-0.15, -0.1) is 0 Å². The van der Waals surface area contributed by atoms with Crippen LogP contribution in [0.3, 0.4) is 0 Å². The maximum Gasteiger partial charge on any atom is 0.219 e. The van der Waals surface area contributed by atoms with Gasteiger partial charge in [-0.25, -0.2) is 9.37 Å². The van der Waals surface area contributed by atoms with E-state index in [0.29, 0.717) is 11.6 Å². The Labute approximate surface area is 112 Å². The van der Waals surface area contributed by atoms with Crippen LogP contribution < -0.4 is 10.1 Å². The van der Waals surface area contributed by atoms with Gasteiger partial charge in [-0.3, -0.25) is 0 Å². The van der Waals surface area contributed by atoms with E-state index in [-0.39, 0.29) is 11.9 Å². The summed E-state index contributed by atoms with van der Waals surface area (Å²) in [5, 5.41) is 3.14. The monoisotopic (exact) mass is 260 g/mol. The molecule has 0 aliphatic rings. The van der Waals surface area contributed by atoms with Crippen LogP contribution in [0.1, 0.15) is 24.1 Å². The maximum absolute atomic E-state index is 13.2. The van der Waals surface area contributed by atoms with Crippen LogP contribution in [0.4, 0.5) is 4.39 Å². The Balaban J connectivity index is 2.17. The first-order valence-corrected chi connectivity index (χ1v) is 6.17. The number of hydrogen-bond donors (Lipinski definition) is 1. The van der Waals surface area contributed by atoms with Gasteiger partial charge in [0.25, 0.3) is 0 Å². The number of nitrogens with one attached hydrogen (secondary N) is 1. The van der Waals surface area contributed by atoms with E-state index >= 15 is 0 Å². The standard InChI is InChI=1S/C15H17FN2O/c1-10-4-6-13(16)8-14(10)19-15-7-5-12(9-18-15)11(2)17-3/h4-9,11,17H,1-3H3. The molecule has 1 atom stereocenters. The predicted octanol–water partition coefficient (Wildman–Crippen LogP) is 3.60. The zero-order chi connectivity index (χ0) is 13.8. The van der Waals surface area contributed by atoms with Gasteiger partial charge in [-0.2, -0.15) is 0 Å². The number of pyridine rings is 1. The molecule has 3 nitrogen and oxygen atoms in total. The van der Waals surface area contributed by atoms with Gasteiger partial charge in [0.05, 0.1) is 0 Å². The number of ether oxygens (including phenoxy) is 1. The van der Waals surface area contributed by atoms with Crippen molar-refractivity contribution in [1.82, 2.24) is 10.3 Å². The fraction of sp³-hybridized carbons (Fsp3) is 0.267. The van der Waals surface area contributed by atoms with E-state index in [4.69, 9.17) is 4.74 Å². The third-order valence-corrected chi connectivity index (χ3v) is 3.06. The van der Waals surface area contributed by atoms with Crippen LogP contribution >= 0.6 is 0 Å². The summed E-state index contributed by atoms with van der Waals surface area (Å²) >= 11 is 0. The summed E-state index contributed by atoms with van der Waals surface area (Å²) in [7, 11) is 1.89. The molecular formula is C15H17FN2O. The van der Waals surface area contributed by atoms with Crippen molar-refractivity contribution in [3.8, 4) is 11.6 Å². The molecule has 0 radical (unpaired) electrons. The van der Waals surface area contributed by atoms with Crippen molar-refractivity contribution >= 4 is 0 Å². The van der Waals surface area contributed by atoms with Crippen LogP contribution in [0.25, 0.3) is 0 Å². The Hall–Kier alpha value is -1.94. The minimum atomic E-state index is -0.318. The molecule has 0 aliphatic heterocycles. The minimum absolute atomic E-state index is 0.234. The van der Waals surface area contributed by atoms with Crippen LogP contribution in [0, 0.1) is 12.7 Å². The van der Waals surface area contributed by atoms with Crippen molar-refractivity contribution < 1.29 is 9.13 Å². The van der Waals surface area contributed by atoms with Crippen molar-refractivity contribution in [3.05, 3.63) is 53.5 Å². The molecule has 0 bridgehead atoms. The molecule has 1 aromatic heterocycles. The molecule has 0 amide bonds. The summed E-state index contributed by atoms with van der Waals surface area (Å²) in [5.41, 5.74) is 1.95. The van der Waals surface area contributed by atoms with Gasteiger partial charge in [-0.1, -0.05) is 12.1 Å². The Morgan fingerprint density at radius 3 is 2.68 bits per heavy atom. The van der Waals surface area contributed by atoms with Crippen LogP contribution in [-0.2, 0) is 0 Å². The Bertz CT molecular complexity index is 555. The van der Waals surface area contributed by atoms with Gasteiger partial charge in [0.2, 0.25) is 5.88 Å². The number of halogens is 1. The van der Waals surface area contributed by atoms with Gasteiger partial charge >= 0.3 is 0 Å².